The summed E-state index contributed by atoms with van der Waals surface area (Å²) in [5.74, 6) is -0.202. The van der Waals surface area contributed by atoms with Gasteiger partial charge < -0.3 is 4.57 Å². The van der Waals surface area contributed by atoms with Gasteiger partial charge in [-0.25, -0.2) is 4.39 Å². The fourth-order valence-corrected chi connectivity index (χ4v) is 4.80. The van der Waals surface area contributed by atoms with Crippen molar-refractivity contribution in [3.8, 4) is 5.69 Å². The Morgan fingerprint density at radius 1 is 1.08 bits per heavy atom. The van der Waals surface area contributed by atoms with Gasteiger partial charge in [0.2, 0.25) is 0 Å². The average Bonchev–Trinajstić information content (AvgIpc) is 2.99. The van der Waals surface area contributed by atoms with Crippen molar-refractivity contribution in [1.29, 1.82) is 0 Å². The van der Waals surface area contributed by atoms with Gasteiger partial charge >= 0.3 is 0 Å². The van der Waals surface area contributed by atoms with Gasteiger partial charge in [-0.2, -0.15) is 0 Å². The normalized spacial score (nSPS) is 23.0. The lowest BCUT2D eigenvalue weighted by Gasteiger charge is -2.32. The van der Waals surface area contributed by atoms with Crippen LogP contribution in [0.4, 0.5) is 4.39 Å². The highest BCUT2D eigenvalue weighted by Crippen LogP contribution is 2.47. The van der Waals surface area contributed by atoms with Crippen LogP contribution < -0.4 is 0 Å². The zero-order valence-electron chi connectivity index (χ0n) is 13.5. The predicted molar refractivity (Wildman–Crippen MR) is 95.5 cm³/mol. The lowest BCUT2D eigenvalue weighted by molar-refractivity contribution is 0.223. The summed E-state index contributed by atoms with van der Waals surface area (Å²) in [6.07, 6.45) is 3.47. The van der Waals surface area contributed by atoms with Gasteiger partial charge in [-0.1, -0.05) is 11.6 Å². The molecule has 2 aliphatic heterocycles. The molecule has 1 aromatic heterocycles. The van der Waals surface area contributed by atoms with E-state index in [0.29, 0.717) is 12.1 Å². The molecule has 4 heteroatoms. The molecule has 2 bridgehead atoms. The molecule has 0 aliphatic carbocycles. The van der Waals surface area contributed by atoms with Crippen LogP contribution in [0.3, 0.4) is 0 Å². The van der Waals surface area contributed by atoms with Gasteiger partial charge in [-0.15, -0.1) is 0 Å². The van der Waals surface area contributed by atoms with Crippen molar-refractivity contribution >= 4 is 22.5 Å². The fourth-order valence-electron chi connectivity index (χ4n) is 4.63. The first-order chi connectivity index (χ1) is 11.6. The fraction of sp³-hybridized carbons (Fsp3) is 0.300. The predicted octanol–water partition coefficient (Wildman–Crippen LogP) is 5.11. The van der Waals surface area contributed by atoms with Crippen molar-refractivity contribution in [2.24, 2.45) is 0 Å². The van der Waals surface area contributed by atoms with E-state index in [0.717, 1.165) is 22.6 Å². The maximum atomic E-state index is 13.4. The van der Waals surface area contributed by atoms with Gasteiger partial charge in [0.1, 0.15) is 5.82 Å². The molecule has 0 N–H and O–H groups in total. The van der Waals surface area contributed by atoms with Crippen molar-refractivity contribution in [3.05, 3.63) is 64.6 Å². The maximum Gasteiger partial charge on any atom is 0.123 e. The Hall–Kier alpha value is -1.84. The van der Waals surface area contributed by atoms with Crippen LogP contribution in [-0.4, -0.2) is 22.6 Å². The highest BCUT2D eigenvalue weighted by molar-refractivity contribution is 6.31. The number of nitrogens with zero attached hydrogens (tertiary/aromatic N) is 2. The summed E-state index contributed by atoms with van der Waals surface area (Å²) in [5.41, 5.74) is 4.96. The monoisotopic (exact) mass is 340 g/mol. The number of aromatic nitrogens is 1. The maximum absolute atomic E-state index is 13.4. The molecule has 3 aromatic rings. The first-order valence-electron chi connectivity index (χ1n) is 8.44. The van der Waals surface area contributed by atoms with E-state index in [2.05, 4.69) is 28.6 Å². The van der Waals surface area contributed by atoms with Gasteiger partial charge in [0.25, 0.3) is 0 Å². The van der Waals surface area contributed by atoms with E-state index in [1.165, 1.54) is 41.6 Å². The first-order valence-corrected chi connectivity index (χ1v) is 8.82. The van der Waals surface area contributed by atoms with Crippen LogP contribution in [0.5, 0.6) is 0 Å². The molecular weight excluding hydrogens is 323 g/mol. The quantitative estimate of drug-likeness (QED) is 0.597. The third-order valence-corrected chi connectivity index (χ3v) is 5.99. The molecule has 0 saturated carbocycles. The topological polar surface area (TPSA) is 8.17 Å². The smallest absolute Gasteiger partial charge is 0.123 e. The second-order valence-corrected chi connectivity index (χ2v) is 7.39. The van der Waals surface area contributed by atoms with E-state index in [-0.39, 0.29) is 5.82 Å². The van der Waals surface area contributed by atoms with E-state index in [1.54, 1.807) is 0 Å². The molecule has 24 heavy (non-hydrogen) atoms. The molecule has 2 aliphatic rings. The van der Waals surface area contributed by atoms with Crippen molar-refractivity contribution in [1.82, 2.24) is 9.47 Å². The minimum atomic E-state index is -0.202. The van der Waals surface area contributed by atoms with Crippen LogP contribution in [0.15, 0.2) is 42.5 Å². The van der Waals surface area contributed by atoms with E-state index in [9.17, 15) is 4.39 Å². The minimum Gasteiger partial charge on any atom is -0.313 e. The number of likely N-dealkylation sites (N-methyl/N-ethyl adjacent to an activating group) is 1. The molecule has 2 unspecified atom stereocenters. The van der Waals surface area contributed by atoms with Crippen molar-refractivity contribution in [2.75, 3.05) is 7.05 Å². The van der Waals surface area contributed by atoms with Crippen LogP contribution in [0.2, 0.25) is 5.02 Å². The second kappa shape index (κ2) is 5.08. The Labute approximate surface area is 145 Å². The summed E-state index contributed by atoms with van der Waals surface area (Å²) in [4.78, 5) is 2.51. The van der Waals surface area contributed by atoms with E-state index >= 15 is 0 Å². The number of hydrogen-bond donors (Lipinski definition) is 0. The Morgan fingerprint density at radius 2 is 1.88 bits per heavy atom. The zero-order valence-corrected chi connectivity index (χ0v) is 14.2. The number of halogens is 2. The molecule has 0 radical (unpaired) electrons. The summed E-state index contributed by atoms with van der Waals surface area (Å²) < 4.78 is 15.7. The summed E-state index contributed by atoms with van der Waals surface area (Å²) in [6.45, 7) is 0. The van der Waals surface area contributed by atoms with Gasteiger partial charge in [0.15, 0.2) is 0 Å². The Bertz CT molecular complexity index is 944. The number of hydrogen-bond acceptors (Lipinski definition) is 1. The van der Waals surface area contributed by atoms with Crippen molar-refractivity contribution in [2.45, 2.75) is 31.3 Å². The summed E-state index contributed by atoms with van der Waals surface area (Å²) in [6, 6.07) is 14.0. The molecule has 5 rings (SSSR count). The molecule has 2 nitrogen and oxygen atoms in total. The SMILES string of the molecule is CN1C2CCC1c1c(n(-c3ccc(F)cc3)c3ccc(Cl)cc13)C2. The van der Waals surface area contributed by atoms with Crippen LogP contribution >= 0.6 is 11.6 Å². The number of rotatable bonds is 1. The third-order valence-electron chi connectivity index (χ3n) is 5.76. The van der Waals surface area contributed by atoms with Gasteiger partial charge in [0, 0.05) is 40.3 Å². The Morgan fingerprint density at radius 3 is 2.67 bits per heavy atom. The van der Waals surface area contributed by atoms with E-state index < -0.39 is 0 Å². The van der Waals surface area contributed by atoms with E-state index in [4.69, 9.17) is 11.6 Å². The van der Waals surface area contributed by atoms with Crippen LogP contribution in [0.1, 0.15) is 30.1 Å². The lowest BCUT2D eigenvalue weighted by Crippen LogP contribution is -2.34. The van der Waals surface area contributed by atoms with Crippen LogP contribution in [0, 0.1) is 5.82 Å². The molecule has 2 atom stereocenters. The molecule has 3 heterocycles. The number of benzene rings is 2. The average molecular weight is 341 g/mol. The number of fused-ring (bicyclic) bond motifs is 6. The lowest BCUT2D eigenvalue weighted by atomic mass is 9.97. The Kier molecular flexibility index (Phi) is 3.07. The van der Waals surface area contributed by atoms with E-state index in [1.807, 2.05) is 18.2 Å². The zero-order chi connectivity index (χ0) is 16.4. The standard InChI is InChI=1S/C20H18ClFN2/c1-23-15-7-9-18(23)20-16-10-12(21)2-8-17(16)24(19(20)11-15)14-5-3-13(22)4-6-14/h2-6,8,10,15,18H,7,9,11H2,1H3. The van der Waals surface area contributed by atoms with Gasteiger partial charge in [-0.05, 0) is 67.9 Å². The van der Waals surface area contributed by atoms with Crippen molar-refractivity contribution < 1.29 is 4.39 Å². The molecule has 122 valence electrons. The highest BCUT2D eigenvalue weighted by Gasteiger charge is 2.40. The molecule has 1 saturated heterocycles. The summed E-state index contributed by atoms with van der Waals surface area (Å²) in [7, 11) is 2.23. The molecule has 2 aromatic carbocycles. The molecule has 0 amide bonds. The summed E-state index contributed by atoms with van der Waals surface area (Å²) in [5, 5.41) is 2.00. The largest absolute Gasteiger partial charge is 0.313 e. The first kappa shape index (κ1) is 14.5. The molecule has 0 spiro atoms. The summed E-state index contributed by atoms with van der Waals surface area (Å²) >= 11 is 6.30. The second-order valence-electron chi connectivity index (χ2n) is 6.95. The van der Waals surface area contributed by atoms with Gasteiger partial charge in [0.05, 0.1) is 5.52 Å². The Balaban J connectivity index is 1.85. The molecular formula is C20H18ClFN2. The van der Waals surface area contributed by atoms with Crippen LogP contribution in [-0.2, 0) is 6.42 Å². The van der Waals surface area contributed by atoms with Gasteiger partial charge in [-0.3, -0.25) is 4.90 Å². The van der Waals surface area contributed by atoms with Crippen molar-refractivity contribution in [3.63, 3.8) is 0 Å². The minimum absolute atomic E-state index is 0.202. The molecule has 1 fully saturated rings. The highest BCUT2D eigenvalue weighted by atomic mass is 35.5. The van der Waals surface area contributed by atoms with Crippen LogP contribution in [0.25, 0.3) is 16.6 Å². The third kappa shape index (κ3) is 1.92.